The van der Waals surface area contributed by atoms with E-state index in [1.165, 1.54) is 25.1 Å². The molecular formula is C20H20FN3O4. The van der Waals surface area contributed by atoms with E-state index in [1.807, 2.05) is 4.90 Å². The van der Waals surface area contributed by atoms with Crippen molar-refractivity contribution in [3.8, 4) is 0 Å². The van der Waals surface area contributed by atoms with E-state index in [0.29, 0.717) is 48.6 Å². The number of hydrogen-bond donors (Lipinski definition) is 0. The summed E-state index contributed by atoms with van der Waals surface area (Å²) >= 11 is 0. The average molecular weight is 385 g/mol. The number of piperazine rings is 1. The molecule has 0 N–H and O–H groups in total. The van der Waals surface area contributed by atoms with Crippen molar-refractivity contribution in [1.29, 1.82) is 0 Å². The van der Waals surface area contributed by atoms with Crippen LogP contribution in [0.25, 0.3) is 0 Å². The van der Waals surface area contributed by atoms with Gasteiger partial charge in [0.05, 0.1) is 10.6 Å². The number of ketones is 1. The number of Topliss-reactive ketones (excluding diaryl/α,β-unsaturated/α-hetero) is 1. The molecular weight excluding hydrogens is 365 g/mol. The summed E-state index contributed by atoms with van der Waals surface area (Å²) in [5.41, 5.74) is 1.56. The van der Waals surface area contributed by atoms with E-state index in [9.17, 15) is 24.1 Å². The van der Waals surface area contributed by atoms with Gasteiger partial charge in [0.2, 0.25) is 0 Å². The Labute approximate surface area is 161 Å². The first-order chi connectivity index (χ1) is 13.3. The van der Waals surface area contributed by atoms with E-state index in [4.69, 9.17) is 0 Å². The lowest BCUT2D eigenvalue weighted by Gasteiger charge is -2.36. The van der Waals surface area contributed by atoms with Gasteiger partial charge in [-0.2, -0.15) is 0 Å². The number of benzene rings is 2. The summed E-state index contributed by atoms with van der Waals surface area (Å²) in [6, 6.07) is 8.62. The van der Waals surface area contributed by atoms with Gasteiger partial charge in [-0.05, 0) is 37.6 Å². The maximum atomic E-state index is 14.4. The zero-order valence-electron chi connectivity index (χ0n) is 15.6. The fourth-order valence-corrected chi connectivity index (χ4v) is 3.26. The van der Waals surface area contributed by atoms with Gasteiger partial charge in [0.1, 0.15) is 5.82 Å². The highest BCUT2D eigenvalue weighted by atomic mass is 19.1. The van der Waals surface area contributed by atoms with Crippen LogP contribution < -0.4 is 4.90 Å². The molecule has 7 nitrogen and oxygen atoms in total. The Morgan fingerprint density at radius 2 is 1.75 bits per heavy atom. The molecule has 28 heavy (non-hydrogen) atoms. The van der Waals surface area contributed by atoms with Crippen molar-refractivity contribution in [2.24, 2.45) is 0 Å². The summed E-state index contributed by atoms with van der Waals surface area (Å²) in [4.78, 5) is 38.1. The molecule has 0 saturated carbocycles. The number of halogens is 1. The third-order valence-corrected chi connectivity index (χ3v) is 4.92. The molecule has 0 spiro atoms. The van der Waals surface area contributed by atoms with Crippen molar-refractivity contribution >= 4 is 23.1 Å². The fraction of sp³-hybridized carbons (Fsp3) is 0.300. The number of nitro groups is 1. The topological polar surface area (TPSA) is 83.8 Å². The zero-order valence-corrected chi connectivity index (χ0v) is 15.6. The van der Waals surface area contributed by atoms with Crippen LogP contribution in [0.5, 0.6) is 0 Å². The Hall–Kier alpha value is -3.29. The summed E-state index contributed by atoms with van der Waals surface area (Å²) < 4.78 is 14.4. The van der Waals surface area contributed by atoms with Crippen molar-refractivity contribution in [1.82, 2.24) is 4.90 Å². The second-order valence-electron chi connectivity index (χ2n) is 6.76. The van der Waals surface area contributed by atoms with Gasteiger partial charge in [0.25, 0.3) is 11.6 Å². The molecule has 146 valence electrons. The van der Waals surface area contributed by atoms with Gasteiger partial charge in [0.15, 0.2) is 5.78 Å². The van der Waals surface area contributed by atoms with Crippen LogP contribution in [0, 0.1) is 22.9 Å². The second-order valence-corrected chi connectivity index (χ2v) is 6.76. The molecule has 1 heterocycles. The fourth-order valence-electron chi connectivity index (χ4n) is 3.26. The number of rotatable bonds is 4. The van der Waals surface area contributed by atoms with Crippen molar-refractivity contribution in [2.45, 2.75) is 13.8 Å². The molecule has 1 aliphatic heterocycles. The van der Waals surface area contributed by atoms with Gasteiger partial charge in [-0.3, -0.25) is 19.7 Å². The Balaban J connectivity index is 1.72. The van der Waals surface area contributed by atoms with Gasteiger partial charge in [0, 0.05) is 49.4 Å². The predicted molar refractivity (Wildman–Crippen MR) is 102 cm³/mol. The van der Waals surface area contributed by atoms with Crippen LogP contribution in [0.4, 0.5) is 15.8 Å². The predicted octanol–water partition coefficient (Wildman–Crippen LogP) is 3.21. The van der Waals surface area contributed by atoms with Gasteiger partial charge >= 0.3 is 0 Å². The summed E-state index contributed by atoms with van der Waals surface area (Å²) in [6.07, 6.45) is 0. The molecule has 8 heteroatoms. The van der Waals surface area contributed by atoms with Crippen molar-refractivity contribution in [3.63, 3.8) is 0 Å². The minimum atomic E-state index is -0.526. The monoisotopic (exact) mass is 385 g/mol. The largest absolute Gasteiger partial charge is 0.366 e. The Kier molecular flexibility index (Phi) is 5.39. The maximum Gasteiger partial charge on any atom is 0.270 e. The van der Waals surface area contributed by atoms with E-state index >= 15 is 0 Å². The van der Waals surface area contributed by atoms with Gasteiger partial charge in [-0.25, -0.2) is 4.39 Å². The van der Waals surface area contributed by atoms with Crippen LogP contribution in [-0.4, -0.2) is 47.7 Å². The van der Waals surface area contributed by atoms with Crippen LogP contribution >= 0.6 is 0 Å². The zero-order chi connectivity index (χ0) is 20.4. The Bertz CT molecular complexity index is 952. The van der Waals surface area contributed by atoms with E-state index in [1.54, 1.807) is 30.0 Å². The highest BCUT2D eigenvalue weighted by Gasteiger charge is 2.26. The molecule has 1 amide bonds. The second kappa shape index (κ2) is 7.75. The van der Waals surface area contributed by atoms with Crippen LogP contribution in [0.15, 0.2) is 36.4 Å². The van der Waals surface area contributed by atoms with Crippen LogP contribution in [0.2, 0.25) is 0 Å². The van der Waals surface area contributed by atoms with Gasteiger partial charge in [-0.15, -0.1) is 0 Å². The first-order valence-corrected chi connectivity index (χ1v) is 8.87. The van der Waals surface area contributed by atoms with Crippen LogP contribution in [0.3, 0.4) is 0 Å². The molecule has 1 aliphatic rings. The van der Waals surface area contributed by atoms with Crippen molar-refractivity contribution in [3.05, 3.63) is 69.0 Å². The quantitative estimate of drug-likeness (QED) is 0.458. The molecule has 0 unspecified atom stereocenters. The molecule has 1 fully saturated rings. The van der Waals surface area contributed by atoms with E-state index in [2.05, 4.69) is 0 Å². The molecule has 2 aromatic carbocycles. The number of carbonyl (C=O) groups is 2. The van der Waals surface area contributed by atoms with Crippen LogP contribution in [-0.2, 0) is 0 Å². The third-order valence-electron chi connectivity index (χ3n) is 4.92. The lowest BCUT2D eigenvalue weighted by atomic mass is 10.1. The minimum absolute atomic E-state index is 0.125. The Morgan fingerprint density at radius 3 is 2.32 bits per heavy atom. The molecule has 0 atom stereocenters. The lowest BCUT2D eigenvalue weighted by Crippen LogP contribution is -2.49. The highest BCUT2D eigenvalue weighted by Crippen LogP contribution is 2.24. The van der Waals surface area contributed by atoms with Crippen molar-refractivity contribution in [2.75, 3.05) is 31.1 Å². The highest BCUT2D eigenvalue weighted by molar-refractivity contribution is 5.96. The van der Waals surface area contributed by atoms with Crippen molar-refractivity contribution < 1.29 is 18.9 Å². The number of nitrogens with zero attached hydrogens (tertiary/aromatic N) is 3. The minimum Gasteiger partial charge on any atom is -0.366 e. The van der Waals surface area contributed by atoms with Crippen LogP contribution in [0.1, 0.15) is 33.2 Å². The molecule has 0 aliphatic carbocycles. The summed E-state index contributed by atoms with van der Waals surface area (Å²) in [5.74, 6) is -0.941. The first kappa shape index (κ1) is 19.5. The average Bonchev–Trinajstić information content (AvgIpc) is 2.67. The lowest BCUT2D eigenvalue weighted by molar-refractivity contribution is -0.384. The first-order valence-electron chi connectivity index (χ1n) is 8.87. The maximum absolute atomic E-state index is 14.4. The number of non-ortho nitro benzene ring substituents is 1. The number of nitro benzene ring substituents is 1. The van der Waals surface area contributed by atoms with E-state index < -0.39 is 10.7 Å². The summed E-state index contributed by atoms with van der Waals surface area (Å²) in [6.45, 7) is 4.71. The normalized spacial score (nSPS) is 14.1. The number of aryl methyl sites for hydroxylation is 1. The Morgan fingerprint density at radius 1 is 1.07 bits per heavy atom. The molecule has 2 aromatic rings. The third kappa shape index (κ3) is 3.85. The molecule has 3 rings (SSSR count). The SMILES string of the molecule is CC(=O)c1ccc(N2CCN(C(=O)c3cc([N+](=O)[O-])ccc3C)CC2)c(F)c1. The van der Waals surface area contributed by atoms with E-state index in [-0.39, 0.29) is 17.4 Å². The van der Waals surface area contributed by atoms with Gasteiger partial charge in [-0.1, -0.05) is 6.07 Å². The number of hydrogen-bond acceptors (Lipinski definition) is 5. The van der Waals surface area contributed by atoms with Gasteiger partial charge < -0.3 is 9.80 Å². The smallest absolute Gasteiger partial charge is 0.270 e. The standard InChI is InChI=1S/C20H20FN3O4/c1-13-3-5-16(24(27)28)12-17(13)20(26)23-9-7-22(8-10-23)19-6-4-15(14(2)25)11-18(19)21/h3-6,11-12H,7-10H2,1-2H3. The molecule has 1 saturated heterocycles. The molecule has 0 radical (unpaired) electrons. The summed E-state index contributed by atoms with van der Waals surface area (Å²) in [7, 11) is 0. The number of amides is 1. The number of anilines is 1. The summed E-state index contributed by atoms with van der Waals surface area (Å²) in [5, 5.41) is 11.0. The molecule has 0 bridgehead atoms. The molecule has 0 aromatic heterocycles. The van der Waals surface area contributed by atoms with E-state index in [0.717, 1.165) is 0 Å². The number of carbonyl (C=O) groups excluding carboxylic acids is 2.